The van der Waals surface area contributed by atoms with Gasteiger partial charge in [-0.2, -0.15) is 0 Å². The first-order chi connectivity index (χ1) is 11.4. The van der Waals surface area contributed by atoms with Crippen LogP contribution in [0, 0.1) is 6.92 Å². The van der Waals surface area contributed by atoms with E-state index in [0.29, 0.717) is 11.1 Å². The summed E-state index contributed by atoms with van der Waals surface area (Å²) in [7, 11) is -1.22. The van der Waals surface area contributed by atoms with Gasteiger partial charge in [0.1, 0.15) is 0 Å². The molecule has 2 aromatic rings. The predicted molar refractivity (Wildman–Crippen MR) is 88.7 cm³/mol. The van der Waals surface area contributed by atoms with Crippen LogP contribution in [0.3, 0.4) is 0 Å². The number of hydrogen-bond donors (Lipinski definition) is 0. The normalized spacial score (nSPS) is 11.5. The molecule has 2 rings (SSSR count). The highest BCUT2D eigenvalue weighted by molar-refractivity contribution is 7.89. The van der Waals surface area contributed by atoms with Crippen LogP contribution >= 0.6 is 0 Å². The minimum Gasteiger partial charge on any atom is -0.465 e. The lowest BCUT2D eigenvalue weighted by atomic mass is 10.1. The van der Waals surface area contributed by atoms with Crippen LogP contribution in [0.15, 0.2) is 53.4 Å². The summed E-state index contributed by atoms with van der Waals surface area (Å²) in [5, 5.41) is 0. The van der Waals surface area contributed by atoms with Gasteiger partial charge in [0.2, 0.25) is 0 Å². The largest absolute Gasteiger partial charge is 0.465 e. The van der Waals surface area contributed by atoms with Crippen molar-refractivity contribution in [2.24, 2.45) is 0 Å². The Kier molecular flexibility index (Phi) is 5.71. The van der Waals surface area contributed by atoms with E-state index in [0.717, 1.165) is 10.0 Å². The quantitative estimate of drug-likeness (QED) is 0.592. The molecule has 0 fully saturated rings. The van der Waals surface area contributed by atoms with Gasteiger partial charge < -0.3 is 4.74 Å². The molecule has 128 valence electrons. The number of carbonyl (C=O) groups is 1. The number of rotatable bonds is 6. The van der Waals surface area contributed by atoms with E-state index in [-0.39, 0.29) is 11.5 Å². The first-order valence-corrected chi connectivity index (χ1v) is 8.65. The summed E-state index contributed by atoms with van der Waals surface area (Å²) < 4.78 is 30.7. The van der Waals surface area contributed by atoms with Gasteiger partial charge in [0.15, 0.2) is 0 Å². The lowest BCUT2D eigenvalue weighted by Gasteiger charge is -2.18. The molecule has 0 radical (unpaired) electrons. The van der Waals surface area contributed by atoms with Gasteiger partial charge in [-0.15, -0.1) is 0 Å². The Labute approximate surface area is 141 Å². The molecule has 0 N–H and O–H groups in total. The predicted octanol–water partition coefficient (Wildman–Crippen LogP) is 2.53. The molecule has 0 aliphatic rings. The van der Waals surface area contributed by atoms with Crippen molar-refractivity contribution in [2.45, 2.75) is 18.4 Å². The van der Waals surface area contributed by atoms with Gasteiger partial charge in [-0.1, -0.05) is 34.8 Å². The smallest absolute Gasteiger partial charge is 0.337 e. The van der Waals surface area contributed by atoms with Crippen molar-refractivity contribution < 1.29 is 22.8 Å². The molecule has 6 nitrogen and oxygen atoms in total. The van der Waals surface area contributed by atoms with E-state index in [4.69, 9.17) is 4.84 Å². The number of sulfonamides is 1. The Hall–Kier alpha value is -2.22. The van der Waals surface area contributed by atoms with Crippen LogP contribution < -0.4 is 0 Å². The Morgan fingerprint density at radius 3 is 2.38 bits per heavy atom. The van der Waals surface area contributed by atoms with Crippen molar-refractivity contribution in [1.82, 2.24) is 4.47 Å². The maximum Gasteiger partial charge on any atom is 0.337 e. The number of carbonyl (C=O) groups excluding carboxylic acids is 1. The minimum atomic E-state index is -3.83. The summed E-state index contributed by atoms with van der Waals surface area (Å²) in [6.07, 6.45) is 0. The van der Waals surface area contributed by atoms with E-state index < -0.39 is 16.0 Å². The van der Waals surface area contributed by atoms with Gasteiger partial charge in [0, 0.05) is 7.05 Å². The van der Waals surface area contributed by atoms with E-state index in [1.54, 1.807) is 6.92 Å². The summed E-state index contributed by atoms with van der Waals surface area (Å²) >= 11 is 0. The second-order valence-electron chi connectivity index (χ2n) is 5.15. The molecule has 0 amide bonds. The molecule has 24 heavy (non-hydrogen) atoms. The van der Waals surface area contributed by atoms with E-state index in [1.165, 1.54) is 32.4 Å². The Bertz CT molecular complexity index is 818. The highest BCUT2D eigenvalue weighted by Gasteiger charge is 2.24. The highest BCUT2D eigenvalue weighted by Crippen LogP contribution is 2.21. The lowest BCUT2D eigenvalue weighted by molar-refractivity contribution is -0.0770. The summed E-state index contributed by atoms with van der Waals surface area (Å²) in [5.74, 6) is -0.518. The first-order valence-electron chi connectivity index (χ1n) is 7.21. The molecule has 0 heterocycles. The van der Waals surface area contributed by atoms with Gasteiger partial charge in [0.05, 0.1) is 24.2 Å². The molecular weight excluding hydrogens is 330 g/mol. The molecule has 2 aromatic carbocycles. The molecule has 0 aromatic heterocycles. The lowest BCUT2D eigenvalue weighted by Crippen LogP contribution is -2.27. The van der Waals surface area contributed by atoms with Gasteiger partial charge >= 0.3 is 5.97 Å². The Balaban J connectivity index is 2.18. The van der Waals surface area contributed by atoms with Crippen LogP contribution in [0.4, 0.5) is 0 Å². The number of aryl methyl sites for hydroxylation is 1. The summed E-state index contributed by atoms with van der Waals surface area (Å²) in [6.45, 7) is 1.75. The van der Waals surface area contributed by atoms with Crippen LogP contribution in [-0.4, -0.2) is 33.0 Å². The van der Waals surface area contributed by atoms with Crippen LogP contribution in [0.25, 0.3) is 0 Å². The van der Waals surface area contributed by atoms with Gasteiger partial charge in [-0.3, -0.25) is 4.84 Å². The zero-order valence-electron chi connectivity index (χ0n) is 13.7. The van der Waals surface area contributed by atoms with Crippen molar-refractivity contribution >= 4 is 16.0 Å². The van der Waals surface area contributed by atoms with Crippen LogP contribution in [0.1, 0.15) is 21.5 Å². The van der Waals surface area contributed by atoms with E-state index in [2.05, 4.69) is 4.74 Å². The SMILES string of the molecule is COC(=O)c1ccc(S(=O)(=O)N(C)OCc2ccccc2)c(C)c1. The summed E-state index contributed by atoms with van der Waals surface area (Å²) in [6, 6.07) is 13.5. The number of esters is 1. The molecule has 0 atom stereocenters. The third kappa shape index (κ3) is 4.00. The molecule has 0 spiro atoms. The van der Waals surface area contributed by atoms with Crippen LogP contribution in [0.5, 0.6) is 0 Å². The number of hydroxylamine groups is 1. The number of benzene rings is 2. The maximum absolute atomic E-state index is 12.6. The maximum atomic E-state index is 12.6. The second kappa shape index (κ2) is 7.57. The topological polar surface area (TPSA) is 72.9 Å². The van der Waals surface area contributed by atoms with Crippen LogP contribution in [0.2, 0.25) is 0 Å². The van der Waals surface area contributed by atoms with E-state index in [9.17, 15) is 13.2 Å². The fraction of sp³-hybridized carbons (Fsp3) is 0.235. The number of nitrogens with zero attached hydrogens (tertiary/aromatic N) is 1. The zero-order chi connectivity index (χ0) is 17.7. The summed E-state index contributed by atoms with van der Waals surface area (Å²) in [5.41, 5.74) is 1.59. The van der Waals surface area contributed by atoms with Crippen molar-refractivity contribution in [3.8, 4) is 0 Å². The average Bonchev–Trinajstić information content (AvgIpc) is 2.59. The fourth-order valence-corrected chi connectivity index (χ4v) is 3.31. The zero-order valence-corrected chi connectivity index (χ0v) is 14.5. The van der Waals surface area contributed by atoms with Crippen molar-refractivity contribution in [1.29, 1.82) is 0 Å². The van der Waals surface area contributed by atoms with Gasteiger partial charge in [-0.25, -0.2) is 13.2 Å². The van der Waals surface area contributed by atoms with E-state index >= 15 is 0 Å². The third-order valence-electron chi connectivity index (χ3n) is 3.47. The molecule has 0 bridgehead atoms. The van der Waals surface area contributed by atoms with Gasteiger partial charge in [0.25, 0.3) is 10.0 Å². The molecule has 0 unspecified atom stereocenters. The summed E-state index contributed by atoms with van der Waals surface area (Å²) in [4.78, 5) is 16.9. The van der Waals surface area contributed by atoms with E-state index in [1.807, 2.05) is 30.3 Å². The first kappa shape index (κ1) is 18.1. The fourth-order valence-electron chi connectivity index (χ4n) is 2.13. The van der Waals surface area contributed by atoms with Crippen molar-refractivity contribution in [2.75, 3.05) is 14.2 Å². The molecule has 0 saturated heterocycles. The minimum absolute atomic E-state index is 0.0747. The standard InChI is InChI=1S/C17H19NO5S/c1-13-11-15(17(19)22-3)9-10-16(13)24(20,21)18(2)23-12-14-7-5-4-6-8-14/h4-11H,12H2,1-3H3. The Morgan fingerprint density at radius 2 is 1.79 bits per heavy atom. The monoisotopic (exact) mass is 349 g/mol. The van der Waals surface area contributed by atoms with Crippen molar-refractivity contribution in [3.05, 3.63) is 65.2 Å². The van der Waals surface area contributed by atoms with Crippen molar-refractivity contribution in [3.63, 3.8) is 0 Å². The molecule has 0 aliphatic heterocycles. The third-order valence-corrected chi connectivity index (χ3v) is 5.26. The molecular formula is C17H19NO5S. The van der Waals surface area contributed by atoms with Gasteiger partial charge in [-0.05, 0) is 36.2 Å². The number of methoxy groups -OCH3 is 1. The molecule has 7 heteroatoms. The average molecular weight is 349 g/mol. The van der Waals surface area contributed by atoms with Crippen LogP contribution in [-0.2, 0) is 26.2 Å². The highest BCUT2D eigenvalue weighted by atomic mass is 32.2. The molecule has 0 saturated carbocycles. The number of hydrogen-bond acceptors (Lipinski definition) is 5. The number of ether oxygens (including phenoxy) is 1. The Morgan fingerprint density at radius 1 is 1.12 bits per heavy atom. The second-order valence-corrected chi connectivity index (χ2v) is 7.05. The molecule has 0 aliphatic carbocycles.